The van der Waals surface area contributed by atoms with Crippen LogP contribution in [0.3, 0.4) is 0 Å². The summed E-state index contributed by atoms with van der Waals surface area (Å²) in [5.41, 5.74) is 5.72. The van der Waals surface area contributed by atoms with E-state index in [0.717, 1.165) is 6.42 Å². The number of carbonyl (C=O) groups excluding carboxylic acids is 2. The Hall–Kier alpha value is -1.54. The summed E-state index contributed by atoms with van der Waals surface area (Å²) in [5.74, 6) is 2.43. The first-order valence-corrected chi connectivity index (χ1v) is 6.35. The molecular weight excluding hydrogens is 230 g/mol. The molecule has 2 amide bonds. The molecule has 5 heteroatoms. The summed E-state index contributed by atoms with van der Waals surface area (Å²) in [6, 6.07) is -0.622. The second-order valence-electron chi connectivity index (χ2n) is 4.43. The lowest BCUT2D eigenvalue weighted by atomic mass is 10.2. The maximum Gasteiger partial charge on any atom is 0.240 e. The van der Waals surface area contributed by atoms with Crippen LogP contribution >= 0.6 is 0 Å². The number of amides is 2. The number of carbonyl (C=O) groups is 2. The van der Waals surface area contributed by atoms with Gasteiger partial charge in [-0.05, 0) is 6.42 Å². The highest BCUT2D eigenvalue weighted by Gasteiger charge is 2.24. The molecule has 1 rings (SSSR count). The number of nitrogens with zero attached hydrogens (tertiary/aromatic N) is 2. The van der Waals surface area contributed by atoms with Crippen molar-refractivity contribution < 1.29 is 9.59 Å². The highest BCUT2D eigenvalue weighted by molar-refractivity contribution is 5.82. The fraction of sp³-hybridized carbons (Fsp3) is 0.692. The Bertz CT molecular complexity index is 349. The van der Waals surface area contributed by atoms with Gasteiger partial charge in [-0.1, -0.05) is 6.92 Å². The highest BCUT2D eigenvalue weighted by Crippen LogP contribution is 2.07. The van der Waals surface area contributed by atoms with E-state index in [9.17, 15) is 9.59 Å². The zero-order valence-corrected chi connectivity index (χ0v) is 10.9. The van der Waals surface area contributed by atoms with Gasteiger partial charge in [-0.3, -0.25) is 9.59 Å². The predicted molar refractivity (Wildman–Crippen MR) is 69.5 cm³/mol. The molecule has 1 heterocycles. The van der Waals surface area contributed by atoms with Gasteiger partial charge >= 0.3 is 0 Å². The van der Waals surface area contributed by atoms with Gasteiger partial charge in [0.05, 0.1) is 6.04 Å². The summed E-state index contributed by atoms with van der Waals surface area (Å²) in [6.45, 7) is 4.33. The number of terminal acetylenes is 1. The van der Waals surface area contributed by atoms with Gasteiger partial charge in [0, 0.05) is 39.0 Å². The molecule has 5 nitrogen and oxygen atoms in total. The Morgan fingerprint density at radius 1 is 1.28 bits per heavy atom. The number of rotatable bonds is 3. The number of hydrogen-bond acceptors (Lipinski definition) is 3. The lowest BCUT2D eigenvalue weighted by Crippen LogP contribution is -2.45. The lowest BCUT2D eigenvalue weighted by molar-refractivity contribution is -0.134. The Kier molecular flexibility index (Phi) is 5.66. The van der Waals surface area contributed by atoms with Crippen LogP contribution in [0.15, 0.2) is 0 Å². The lowest BCUT2D eigenvalue weighted by Gasteiger charge is -2.23. The van der Waals surface area contributed by atoms with Crippen molar-refractivity contribution in [2.45, 2.75) is 32.2 Å². The van der Waals surface area contributed by atoms with Crippen molar-refractivity contribution in [2.24, 2.45) is 5.73 Å². The summed E-state index contributed by atoms with van der Waals surface area (Å²) in [5, 5.41) is 0. The van der Waals surface area contributed by atoms with E-state index in [1.807, 2.05) is 6.92 Å². The molecule has 1 unspecified atom stereocenters. The number of nitrogens with two attached hydrogens (primary N) is 1. The molecule has 0 spiro atoms. The molecule has 0 radical (unpaired) electrons. The standard InChI is InChI=1S/C13H21N3O2/c1-3-6-11(14)13(18)16-8-5-7-15(9-10-16)12(17)4-2/h1,11H,4-10,14H2,2H3. The van der Waals surface area contributed by atoms with E-state index in [0.29, 0.717) is 32.6 Å². The first-order valence-electron chi connectivity index (χ1n) is 6.35. The molecule has 0 aliphatic carbocycles. The van der Waals surface area contributed by atoms with Crippen molar-refractivity contribution in [3.8, 4) is 12.3 Å². The first kappa shape index (κ1) is 14.5. The van der Waals surface area contributed by atoms with E-state index in [4.69, 9.17) is 12.2 Å². The largest absolute Gasteiger partial charge is 0.341 e. The molecule has 1 saturated heterocycles. The van der Waals surface area contributed by atoms with Crippen LogP contribution in [0.4, 0.5) is 0 Å². The third kappa shape index (κ3) is 3.74. The van der Waals surface area contributed by atoms with Gasteiger partial charge in [-0.2, -0.15) is 0 Å². The van der Waals surface area contributed by atoms with Crippen molar-refractivity contribution in [1.82, 2.24) is 9.80 Å². The fourth-order valence-electron chi connectivity index (χ4n) is 2.06. The van der Waals surface area contributed by atoms with E-state index in [-0.39, 0.29) is 18.2 Å². The van der Waals surface area contributed by atoms with Crippen LogP contribution in [-0.4, -0.2) is 53.8 Å². The molecule has 1 aliphatic rings. The van der Waals surface area contributed by atoms with Crippen LogP contribution in [0, 0.1) is 12.3 Å². The third-order valence-corrected chi connectivity index (χ3v) is 3.12. The average Bonchev–Trinajstić information content (AvgIpc) is 2.63. The Morgan fingerprint density at radius 2 is 1.89 bits per heavy atom. The summed E-state index contributed by atoms with van der Waals surface area (Å²) in [6.07, 6.45) is 6.71. The fourth-order valence-corrected chi connectivity index (χ4v) is 2.06. The molecule has 0 aromatic carbocycles. The molecule has 100 valence electrons. The summed E-state index contributed by atoms with van der Waals surface area (Å²) in [7, 11) is 0. The SMILES string of the molecule is C#CCC(N)C(=O)N1CCCN(C(=O)CC)CC1. The van der Waals surface area contributed by atoms with E-state index >= 15 is 0 Å². The van der Waals surface area contributed by atoms with Gasteiger partial charge in [0.2, 0.25) is 11.8 Å². The van der Waals surface area contributed by atoms with Crippen LogP contribution in [0.5, 0.6) is 0 Å². The second kappa shape index (κ2) is 7.02. The molecular formula is C13H21N3O2. The zero-order valence-electron chi connectivity index (χ0n) is 10.9. The van der Waals surface area contributed by atoms with Crippen LogP contribution in [0.2, 0.25) is 0 Å². The molecule has 18 heavy (non-hydrogen) atoms. The summed E-state index contributed by atoms with van der Waals surface area (Å²) in [4.78, 5) is 27.1. The first-order chi connectivity index (χ1) is 8.60. The smallest absolute Gasteiger partial charge is 0.240 e. The zero-order chi connectivity index (χ0) is 13.5. The Morgan fingerprint density at radius 3 is 2.50 bits per heavy atom. The van der Waals surface area contributed by atoms with E-state index in [2.05, 4.69) is 5.92 Å². The van der Waals surface area contributed by atoms with Crippen LogP contribution in [0.25, 0.3) is 0 Å². The van der Waals surface area contributed by atoms with Gasteiger partial charge in [0.15, 0.2) is 0 Å². The normalized spacial score (nSPS) is 17.8. The maximum atomic E-state index is 12.0. The van der Waals surface area contributed by atoms with Crippen molar-refractivity contribution in [2.75, 3.05) is 26.2 Å². The maximum absolute atomic E-state index is 12.0. The number of hydrogen-bond donors (Lipinski definition) is 1. The van der Waals surface area contributed by atoms with E-state index in [1.54, 1.807) is 9.80 Å². The second-order valence-corrected chi connectivity index (χ2v) is 4.43. The van der Waals surface area contributed by atoms with Gasteiger partial charge < -0.3 is 15.5 Å². The van der Waals surface area contributed by atoms with E-state index in [1.165, 1.54) is 0 Å². The Labute approximate surface area is 108 Å². The van der Waals surface area contributed by atoms with Crippen molar-refractivity contribution in [3.05, 3.63) is 0 Å². The minimum absolute atomic E-state index is 0.112. The molecule has 2 N–H and O–H groups in total. The van der Waals surface area contributed by atoms with Crippen LogP contribution < -0.4 is 5.73 Å². The minimum Gasteiger partial charge on any atom is -0.341 e. The van der Waals surface area contributed by atoms with Crippen molar-refractivity contribution in [3.63, 3.8) is 0 Å². The van der Waals surface area contributed by atoms with Crippen LogP contribution in [0.1, 0.15) is 26.2 Å². The van der Waals surface area contributed by atoms with Crippen LogP contribution in [-0.2, 0) is 9.59 Å². The van der Waals surface area contributed by atoms with Crippen molar-refractivity contribution in [1.29, 1.82) is 0 Å². The third-order valence-electron chi connectivity index (χ3n) is 3.12. The molecule has 1 fully saturated rings. The molecule has 1 atom stereocenters. The van der Waals surface area contributed by atoms with Gasteiger partial charge in [0.1, 0.15) is 0 Å². The predicted octanol–water partition coefficient (Wildman–Crippen LogP) is -0.192. The topological polar surface area (TPSA) is 66.6 Å². The monoisotopic (exact) mass is 251 g/mol. The van der Waals surface area contributed by atoms with Gasteiger partial charge in [0.25, 0.3) is 0 Å². The molecule has 1 aliphatic heterocycles. The van der Waals surface area contributed by atoms with Gasteiger partial charge in [-0.25, -0.2) is 0 Å². The molecule has 0 saturated carbocycles. The molecule has 0 aromatic rings. The Balaban J connectivity index is 2.54. The summed E-state index contributed by atoms with van der Waals surface area (Å²) >= 11 is 0. The van der Waals surface area contributed by atoms with Crippen molar-refractivity contribution >= 4 is 11.8 Å². The van der Waals surface area contributed by atoms with E-state index < -0.39 is 6.04 Å². The average molecular weight is 251 g/mol. The summed E-state index contributed by atoms with van der Waals surface area (Å²) < 4.78 is 0. The van der Waals surface area contributed by atoms with Gasteiger partial charge in [-0.15, -0.1) is 12.3 Å². The molecule has 0 bridgehead atoms. The molecule has 0 aromatic heterocycles. The quantitative estimate of drug-likeness (QED) is 0.707. The highest BCUT2D eigenvalue weighted by atomic mass is 16.2. The minimum atomic E-state index is -0.622.